The molecule has 0 aromatic rings. The molecule has 1 rings (SSSR count). The van der Waals surface area contributed by atoms with Gasteiger partial charge >= 0.3 is 12.1 Å². The van der Waals surface area contributed by atoms with Gasteiger partial charge in [-0.05, 0) is 0 Å². The third kappa shape index (κ3) is 5.00. The first kappa shape index (κ1) is 14.9. The Hall–Kier alpha value is -1.17. The Morgan fingerprint density at radius 1 is 1.67 bits per heavy atom. The summed E-state index contributed by atoms with van der Waals surface area (Å²) >= 11 is 1.51. The lowest BCUT2D eigenvalue weighted by molar-refractivity contribution is -0.138. The third-order valence-electron chi connectivity index (χ3n) is 2.07. The lowest BCUT2D eigenvalue weighted by Gasteiger charge is -2.25. The molecule has 0 bridgehead atoms. The van der Waals surface area contributed by atoms with Crippen LogP contribution in [-0.2, 0) is 14.3 Å². The summed E-state index contributed by atoms with van der Waals surface area (Å²) in [5.41, 5.74) is -0.367. The van der Waals surface area contributed by atoms with Gasteiger partial charge in [0, 0.05) is 4.75 Å². The van der Waals surface area contributed by atoms with Crippen molar-refractivity contribution in [2.45, 2.75) is 43.4 Å². The molecule has 6 heteroatoms. The number of hydrogen-bond donors (Lipinski definition) is 1. The van der Waals surface area contributed by atoms with Gasteiger partial charge in [-0.3, -0.25) is 4.79 Å². The molecule has 1 heterocycles. The second kappa shape index (κ2) is 6.13. The quantitative estimate of drug-likeness (QED) is 0.627. The number of ether oxygens (including phenoxy) is 2. The van der Waals surface area contributed by atoms with Crippen LogP contribution < -0.4 is 5.32 Å². The molecule has 1 N–H and O–H groups in total. The lowest BCUT2D eigenvalue weighted by Crippen LogP contribution is -2.40. The number of amides is 1. The van der Waals surface area contributed by atoms with Crippen LogP contribution in [0.1, 0.15) is 27.2 Å². The minimum Gasteiger partial charge on any atom is -0.449 e. The summed E-state index contributed by atoms with van der Waals surface area (Å²) in [6.07, 6.45) is 1.10. The number of rotatable bonds is 4. The van der Waals surface area contributed by atoms with Gasteiger partial charge in [0.15, 0.2) is 5.44 Å². The molecule has 0 aromatic heterocycles. The van der Waals surface area contributed by atoms with Gasteiger partial charge in [0.2, 0.25) is 0 Å². The first-order valence-electron chi connectivity index (χ1n) is 5.73. The highest BCUT2D eigenvalue weighted by Gasteiger charge is 2.39. The fraction of sp³-hybridized carbons (Fsp3) is 0.667. The Morgan fingerprint density at radius 3 is 2.89 bits per heavy atom. The van der Waals surface area contributed by atoms with Crippen molar-refractivity contribution in [1.82, 2.24) is 5.32 Å². The number of nitrogens with one attached hydrogen (secondary N) is 1. The van der Waals surface area contributed by atoms with Crippen molar-refractivity contribution < 1.29 is 19.1 Å². The highest BCUT2D eigenvalue weighted by molar-refractivity contribution is 8.01. The van der Waals surface area contributed by atoms with Crippen LogP contribution in [0.25, 0.3) is 0 Å². The van der Waals surface area contributed by atoms with Crippen molar-refractivity contribution in [3.63, 3.8) is 0 Å². The highest BCUT2D eigenvalue weighted by atomic mass is 32.2. The molecule has 2 atom stereocenters. The third-order valence-corrected chi connectivity index (χ3v) is 3.43. The maximum atomic E-state index is 11.4. The summed E-state index contributed by atoms with van der Waals surface area (Å²) < 4.78 is 9.96. The Kier molecular flexibility index (Phi) is 5.07. The molecule has 0 aromatic carbocycles. The summed E-state index contributed by atoms with van der Waals surface area (Å²) in [7, 11) is 0. The van der Waals surface area contributed by atoms with Crippen molar-refractivity contribution in [1.29, 1.82) is 0 Å². The van der Waals surface area contributed by atoms with Crippen LogP contribution in [0, 0.1) is 0 Å². The minimum absolute atomic E-state index is 0.0553. The van der Waals surface area contributed by atoms with E-state index < -0.39 is 6.09 Å². The van der Waals surface area contributed by atoms with E-state index >= 15 is 0 Å². The van der Waals surface area contributed by atoms with Crippen LogP contribution in [0.15, 0.2) is 12.7 Å². The van der Waals surface area contributed by atoms with Gasteiger partial charge in [0.25, 0.3) is 0 Å². The molecule has 18 heavy (non-hydrogen) atoms. The smallest absolute Gasteiger partial charge is 0.407 e. The second-order valence-electron chi connectivity index (χ2n) is 4.93. The molecular weight excluding hydrogens is 254 g/mol. The second-order valence-corrected chi connectivity index (χ2v) is 6.86. The van der Waals surface area contributed by atoms with Gasteiger partial charge in [-0.1, -0.05) is 33.4 Å². The van der Waals surface area contributed by atoms with E-state index in [1.165, 1.54) is 17.8 Å². The monoisotopic (exact) mass is 273 g/mol. The number of cyclic esters (lactones) is 1. The van der Waals surface area contributed by atoms with Gasteiger partial charge in [0.1, 0.15) is 6.61 Å². The normalized spacial score (nSPS) is 23.4. The van der Waals surface area contributed by atoms with Crippen LogP contribution in [0.3, 0.4) is 0 Å². The molecular formula is C12H19NO4S. The van der Waals surface area contributed by atoms with E-state index in [1.54, 1.807) is 0 Å². The highest BCUT2D eigenvalue weighted by Crippen LogP contribution is 2.34. The van der Waals surface area contributed by atoms with Crippen LogP contribution >= 0.6 is 11.8 Å². The van der Waals surface area contributed by atoms with E-state index in [1.807, 2.05) is 20.8 Å². The van der Waals surface area contributed by atoms with Crippen LogP contribution in [0.5, 0.6) is 0 Å². The maximum Gasteiger partial charge on any atom is 0.407 e. The van der Waals surface area contributed by atoms with Crippen LogP contribution in [0.4, 0.5) is 4.79 Å². The first-order valence-corrected chi connectivity index (χ1v) is 6.61. The molecule has 0 aliphatic carbocycles. The zero-order valence-electron chi connectivity index (χ0n) is 10.9. The molecule has 0 saturated carbocycles. The number of carbonyl (C=O) groups excluding carboxylic acids is 2. The molecule has 1 amide bonds. The predicted octanol–water partition coefficient (Wildman–Crippen LogP) is 2.07. The Balaban J connectivity index is 2.53. The number of hydrogen-bond acceptors (Lipinski definition) is 5. The fourth-order valence-corrected chi connectivity index (χ4v) is 2.62. The van der Waals surface area contributed by atoms with Crippen molar-refractivity contribution in [2.24, 2.45) is 0 Å². The number of esters is 1. The van der Waals surface area contributed by atoms with E-state index in [4.69, 9.17) is 9.47 Å². The topological polar surface area (TPSA) is 64.6 Å². The zero-order chi connectivity index (χ0) is 13.8. The van der Waals surface area contributed by atoms with Crippen LogP contribution in [-0.4, -0.2) is 34.9 Å². The van der Waals surface area contributed by atoms with Crippen LogP contribution in [0.2, 0.25) is 0 Å². The predicted molar refractivity (Wildman–Crippen MR) is 70.3 cm³/mol. The van der Waals surface area contributed by atoms with Crippen molar-refractivity contribution in [3.05, 3.63) is 12.7 Å². The summed E-state index contributed by atoms with van der Waals surface area (Å²) in [6.45, 7) is 9.67. The van der Waals surface area contributed by atoms with Crippen molar-refractivity contribution in [3.8, 4) is 0 Å². The standard InChI is InChI=1S/C12H19NO4S/c1-5-6-16-11(15)13-8-7-9(14)17-10(8)18-12(2,3)4/h5,8,10H,1,6-7H2,2-4H3,(H,13,15)/t8-,10+/m0/s1. The van der Waals surface area contributed by atoms with Gasteiger partial charge < -0.3 is 14.8 Å². The first-order chi connectivity index (χ1) is 8.31. The van der Waals surface area contributed by atoms with Crippen molar-refractivity contribution >= 4 is 23.8 Å². The van der Waals surface area contributed by atoms with Gasteiger partial charge in [-0.15, -0.1) is 11.8 Å². The summed E-state index contributed by atoms with van der Waals surface area (Å²) in [5.74, 6) is -0.300. The molecule has 1 aliphatic rings. The molecule has 0 spiro atoms. The molecule has 0 unspecified atom stereocenters. The average molecular weight is 273 g/mol. The molecule has 0 radical (unpaired) electrons. The fourth-order valence-electron chi connectivity index (χ4n) is 1.44. The van der Waals surface area contributed by atoms with Gasteiger partial charge in [-0.2, -0.15) is 0 Å². The molecule has 102 valence electrons. The zero-order valence-corrected chi connectivity index (χ0v) is 11.7. The molecule has 5 nitrogen and oxygen atoms in total. The average Bonchev–Trinajstić information content (AvgIpc) is 2.53. The van der Waals surface area contributed by atoms with E-state index in [9.17, 15) is 9.59 Å². The van der Waals surface area contributed by atoms with Crippen molar-refractivity contribution in [2.75, 3.05) is 6.61 Å². The Morgan fingerprint density at radius 2 is 2.33 bits per heavy atom. The number of alkyl carbamates (subject to hydrolysis) is 1. The lowest BCUT2D eigenvalue weighted by atomic mass is 10.2. The summed E-state index contributed by atoms with van der Waals surface area (Å²) in [5, 5.41) is 2.64. The van der Waals surface area contributed by atoms with E-state index in [0.29, 0.717) is 0 Å². The van der Waals surface area contributed by atoms with Gasteiger partial charge in [0.05, 0.1) is 12.5 Å². The minimum atomic E-state index is -0.558. The number of thioether (sulfide) groups is 1. The summed E-state index contributed by atoms with van der Waals surface area (Å²) in [4.78, 5) is 22.7. The van der Waals surface area contributed by atoms with E-state index in [0.717, 1.165) is 0 Å². The Bertz CT molecular complexity index is 337. The van der Waals surface area contributed by atoms with E-state index in [2.05, 4.69) is 11.9 Å². The summed E-state index contributed by atoms with van der Waals surface area (Å²) in [6, 6.07) is -0.348. The van der Waals surface area contributed by atoms with Gasteiger partial charge in [-0.25, -0.2) is 4.79 Å². The molecule has 1 aliphatic heterocycles. The largest absolute Gasteiger partial charge is 0.449 e. The number of carbonyl (C=O) groups is 2. The SMILES string of the molecule is C=CCOC(=O)N[C@H]1CC(=O)O[C@@H]1SC(C)(C)C. The molecule has 1 fully saturated rings. The Labute approximate surface area is 111 Å². The maximum absolute atomic E-state index is 11.4. The van der Waals surface area contributed by atoms with E-state index in [-0.39, 0.29) is 35.2 Å². The molecule has 1 saturated heterocycles.